The largest absolute Gasteiger partial charge is 0.345 e. The van der Waals surface area contributed by atoms with E-state index in [2.05, 4.69) is 28.2 Å². The van der Waals surface area contributed by atoms with E-state index in [4.69, 9.17) is 11.6 Å². The summed E-state index contributed by atoms with van der Waals surface area (Å²) in [6, 6.07) is 9.06. The average molecular weight is 289 g/mol. The van der Waals surface area contributed by atoms with Gasteiger partial charge in [-0.2, -0.15) is 0 Å². The van der Waals surface area contributed by atoms with Crippen LogP contribution in [0, 0.1) is 11.8 Å². The van der Waals surface area contributed by atoms with Crippen molar-refractivity contribution in [1.82, 2.24) is 9.88 Å². The second-order valence-corrected chi connectivity index (χ2v) is 6.75. The predicted octanol–water partition coefficient (Wildman–Crippen LogP) is 4.07. The van der Waals surface area contributed by atoms with Crippen molar-refractivity contribution < 1.29 is 0 Å². The monoisotopic (exact) mass is 288 g/mol. The zero-order valence-corrected chi connectivity index (χ0v) is 12.4. The normalized spacial score (nSPS) is 19.1. The van der Waals surface area contributed by atoms with E-state index >= 15 is 0 Å². The molecule has 2 nitrogen and oxygen atoms in total. The van der Waals surface area contributed by atoms with Crippen LogP contribution < -0.4 is 5.32 Å². The van der Waals surface area contributed by atoms with Crippen molar-refractivity contribution in [3.05, 3.63) is 35.5 Å². The third-order valence-corrected chi connectivity index (χ3v) is 5.04. The number of halogens is 1. The standard InChI is InChI=1S/C17H21ClN2/c18-15-3-1-2-14-8-10-20(17(14)15)11-9-19-16(12-4-5-12)13-6-7-13/h1-3,8,10,12-13,16,19H,4-7,9,11H2. The summed E-state index contributed by atoms with van der Waals surface area (Å²) in [6.45, 7) is 2.05. The fourth-order valence-electron chi connectivity index (χ4n) is 3.38. The van der Waals surface area contributed by atoms with E-state index in [9.17, 15) is 0 Å². The minimum absolute atomic E-state index is 0.785. The van der Waals surface area contributed by atoms with Crippen molar-refractivity contribution in [3.63, 3.8) is 0 Å². The van der Waals surface area contributed by atoms with E-state index in [1.165, 1.54) is 36.6 Å². The fourth-order valence-corrected chi connectivity index (χ4v) is 3.67. The Labute approximate surface area is 125 Å². The number of hydrogen-bond donors (Lipinski definition) is 1. The van der Waals surface area contributed by atoms with Crippen LogP contribution in [-0.2, 0) is 6.54 Å². The van der Waals surface area contributed by atoms with Gasteiger partial charge in [-0.3, -0.25) is 0 Å². The number of benzene rings is 1. The lowest BCUT2D eigenvalue weighted by Crippen LogP contribution is -2.35. The van der Waals surface area contributed by atoms with Gasteiger partial charge in [0.15, 0.2) is 0 Å². The molecule has 2 aliphatic carbocycles. The Morgan fingerprint density at radius 2 is 1.90 bits per heavy atom. The first-order valence-corrected chi connectivity index (χ1v) is 8.17. The van der Waals surface area contributed by atoms with Crippen molar-refractivity contribution >= 4 is 22.5 Å². The molecule has 0 bridgehead atoms. The lowest BCUT2D eigenvalue weighted by atomic mass is 10.1. The van der Waals surface area contributed by atoms with Crippen LogP contribution in [0.25, 0.3) is 10.9 Å². The molecular formula is C17H21ClN2. The molecule has 106 valence electrons. The number of fused-ring (bicyclic) bond motifs is 1. The molecular weight excluding hydrogens is 268 g/mol. The molecule has 20 heavy (non-hydrogen) atoms. The van der Waals surface area contributed by atoms with Gasteiger partial charge in [-0.05, 0) is 49.7 Å². The van der Waals surface area contributed by atoms with Crippen molar-refractivity contribution in [3.8, 4) is 0 Å². The zero-order valence-electron chi connectivity index (χ0n) is 11.7. The molecule has 2 fully saturated rings. The summed E-state index contributed by atoms with van der Waals surface area (Å²) in [5, 5.41) is 5.89. The number of aromatic nitrogens is 1. The Balaban J connectivity index is 1.43. The van der Waals surface area contributed by atoms with Crippen molar-refractivity contribution in [1.29, 1.82) is 0 Å². The van der Waals surface area contributed by atoms with Crippen LogP contribution >= 0.6 is 11.6 Å². The lowest BCUT2D eigenvalue weighted by molar-refractivity contribution is 0.408. The molecule has 1 aromatic carbocycles. The molecule has 1 heterocycles. The molecule has 1 N–H and O–H groups in total. The van der Waals surface area contributed by atoms with E-state index in [1.54, 1.807) is 0 Å². The van der Waals surface area contributed by atoms with Gasteiger partial charge < -0.3 is 9.88 Å². The molecule has 2 aliphatic rings. The number of nitrogens with zero attached hydrogens (tertiary/aromatic N) is 1. The Morgan fingerprint density at radius 3 is 2.60 bits per heavy atom. The maximum atomic E-state index is 6.32. The third kappa shape index (κ3) is 2.47. The van der Waals surface area contributed by atoms with Crippen LogP contribution in [0.3, 0.4) is 0 Å². The molecule has 4 rings (SSSR count). The third-order valence-electron chi connectivity index (χ3n) is 4.73. The van der Waals surface area contributed by atoms with E-state index in [1.807, 2.05) is 12.1 Å². The average Bonchev–Trinajstić information content (AvgIpc) is 3.35. The number of rotatable bonds is 6. The van der Waals surface area contributed by atoms with E-state index in [0.29, 0.717) is 0 Å². The van der Waals surface area contributed by atoms with E-state index < -0.39 is 0 Å². The molecule has 0 unspecified atom stereocenters. The van der Waals surface area contributed by atoms with Gasteiger partial charge in [-0.25, -0.2) is 0 Å². The van der Waals surface area contributed by atoms with Crippen molar-refractivity contribution in [2.24, 2.45) is 11.8 Å². The van der Waals surface area contributed by atoms with Crippen LogP contribution in [0.4, 0.5) is 0 Å². The van der Waals surface area contributed by atoms with Gasteiger partial charge in [-0.1, -0.05) is 23.7 Å². The molecule has 3 heteroatoms. The van der Waals surface area contributed by atoms with Gasteiger partial charge in [0.2, 0.25) is 0 Å². The van der Waals surface area contributed by atoms with Crippen LogP contribution in [0.2, 0.25) is 5.02 Å². The molecule has 2 aromatic rings. The Morgan fingerprint density at radius 1 is 1.15 bits per heavy atom. The van der Waals surface area contributed by atoms with Gasteiger partial charge in [0.25, 0.3) is 0 Å². The van der Waals surface area contributed by atoms with Crippen molar-refractivity contribution in [2.45, 2.75) is 38.3 Å². The van der Waals surface area contributed by atoms with Gasteiger partial charge >= 0.3 is 0 Å². The maximum Gasteiger partial charge on any atom is 0.0670 e. The Bertz CT molecular complexity index is 598. The molecule has 0 amide bonds. The first-order chi connectivity index (χ1) is 9.83. The molecule has 1 aromatic heterocycles. The van der Waals surface area contributed by atoms with Crippen LogP contribution in [-0.4, -0.2) is 17.2 Å². The van der Waals surface area contributed by atoms with Gasteiger partial charge in [0.1, 0.15) is 0 Å². The van der Waals surface area contributed by atoms with Gasteiger partial charge in [0.05, 0.1) is 10.5 Å². The molecule has 0 radical (unpaired) electrons. The molecule has 2 saturated carbocycles. The highest BCUT2D eigenvalue weighted by Gasteiger charge is 2.40. The van der Waals surface area contributed by atoms with Crippen LogP contribution in [0.15, 0.2) is 30.5 Å². The first-order valence-electron chi connectivity index (χ1n) is 7.79. The Kier molecular flexibility index (Phi) is 3.24. The first kappa shape index (κ1) is 12.7. The second kappa shape index (κ2) is 5.09. The smallest absolute Gasteiger partial charge is 0.0670 e. The lowest BCUT2D eigenvalue weighted by Gasteiger charge is -2.18. The minimum Gasteiger partial charge on any atom is -0.345 e. The van der Waals surface area contributed by atoms with Crippen molar-refractivity contribution in [2.75, 3.05) is 6.54 Å². The molecule has 0 atom stereocenters. The topological polar surface area (TPSA) is 17.0 Å². The molecule has 0 spiro atoms. The summed E-state index contributed by atoms with van der Waals surface area (Å²) in [7, 11) is 0. The Hall–Kier alpha value is -0.990. The summed E-state index contributed by atoms with van der Waals surface area (Å²) in [6.07, 6.45) is 7.90. The van der Waals surface area contributed by atoms with E-state index in [0.717, 1.165) is 36.0 Å². The summed E-state index contributed by atoms with van der Waals surface area (Å²) < 4.78 is 2.28. The van der Waals surface area contributed by atoms with Gasteiger partial charge in [-0.15, -0.1) is 0 Å². The number of nitrogens with one attached hydrogen (secondary N) is 1. The zero-order chi connectivity index (χ0) is 13.5. The summed E-state index contributed by atoms with van der Waals surface area (Å²) in [4.78, 5) is 0. The number of hydrogen-bond acceptors (Lipinski definition) is 1. The van der Waals surface area contributed by atoms with Crippen LogP contribution in [0.5, 0.6) is 0 Å². The summed E-state index contributed by atoms with van der Waals surface area (Å²) >= 11 is 6.32. The SMILES string of the molecule is Clc1cccc2ccn(CCNC(C3CC3)C3CC3)c12. The highest BCUT2D eigenvalue weighted by molar-refractivity contribution is 6.35. The predicted molar refractivity (Wildman–Crippen MR) is 84.2 cm³/mol. The van der Waals surface area contributed by atoms with E-state index in [-0.39, 0.29) is 0 Å². The summed E-state index contributed by atoms with van der Waals surface area (Å²) in [5.41, 5.74) is 1.17. The quantitative estimate of drug-likeness (QED) is 0.848. The molecule has 0 aliphatic heterocycles. The number of para-hydroxylation sites is 1. The highest BCUT2D eigenvalue weighted by atomic mass is 35.5. The van der Waals surface area contributed by atoms with Gasteiger partial charge in [0, 0.05) is 30.7 Å². The maximum absolute atomic E-state index is 6.32. The molecule has 0 saturated heterocycles. The summed E-state index contributed by atoms with van der Waals surface area (Å²) in [5.74, 6) is 1.93. The highest BCUT2D eigenvalue weighted by Crippen LogP contribution is 2.44. The second-order valence-electron chi connectivity index (χ2n) is 6.34. The van der Waals surface area contributed by atoms with Crippen LogP contribution in [0.1, 0.15) is 25.7 Å². The fraction of sp³-hybridized carbons (Fsp3) is 0.529. The minimum atomic E-state index is 0.785.